The molecule has 1 aromatic heterocycles. The summed E-state index contributed by atoms with van der Waals surface area (Å²) in [6, 6.07) is 16.8. The van der Waals surface area contributed by atoms with E-state index >= 15 is 0 Å². The van der Waals surface area contributed by atoms with Crippen LogP contribution in [-0.4, -0.2) is 44.4 Å². The van der Waals surface area contributed by atoms with Gasteiger partial charge in [-0.25, -0.2) is 0 Å². The number of rotatable bonds is 5. The zero-order valence-corrected chi connectivity index (χ0v) is 21.2. The van der Waals surface area contributed by atoms with E-state index in [-0.39, 0.29) is 11.3 Å². The first-order valence-corrected chi connectivity index (χ1v) is 12.8. The summed E-state index contributed by atoms with van der Waals surface area (Å²) in [6.45, 7) is 12.7. The zero-order chi connectivity index (χ0) is 23.6. The minimum absolute atomic E-state index is 0.0928. The molecule has 5 nitrogen and oxygen atoms in total. The van der Waals surface area contributed by atoms with E-state index in [1.165, 1.54) is 23.7 Å². The molecule has 2 heterocycles. The van der Waals surface area contributed by atoms with Crippen molar-refractivity contribution in [2.75, 3.05) is 18.8 Å². The summed E-state index contributed by atoms with van der Waals surface area (Å²) in [5, 5.41) is 9.83. The number of benzene rings is 2. The highest BCUT2D eigenvalue weighted by Crippen LogP contribution is 2.31. The van der Waals surface area contributed by atoms with E-state index in [1.54, 1.807) is 0 Å². The summed E-state index contributed by atoms with van der Waals surface area (Å²) in [5.74, 6) is 1.93. The third kappa shape index (κ3) is 5.32. The monoisotopic (exact) mass is 462 g/mol. The van der Waals surface area contributed by atoms with Crippen LogP contribution in [0.1, 0.15) is 51.7 Å². The van der Waals surface area contributed by atoms with Gasteiger partial charge in [-0.15, -0.1) is 10.2 Å². The van der Waals surface area contributed by atoms with Gasteiger partial charge in [-0.3, -0.25) is 9.36 Å². The molecule has 6 heteroatoms. The maximum absolute atomic E-state index is 12.9. The van der Waals surface area contributed by atoms with Gasteiger partial charge in [-0.1, -0.05) is 81.9 Å². The van der Waals surface area contributed by atoms with Gasteiger partial charge in [-0.05, 0) is 48.3 Å². The molecular weight excluding hydrogens is 428 g/mol. The van der Waals surface area contributed by atoms with Crippen LogP contribution in [0.15, 0.2) is 53.7 Å². The first-order chi connectivity index (χ1) is 15.7. The van der Waals surface area contributed by atoms with Crippen LogP contribution in [0.3, 0.4) is 0 Å². The number of hydrogen-bond donors (Lipinski definition) is 0. The Hall–Kier alpha value is -2.60. The fraction of sp³-hybridized carbons (Fsp3) is 0.444. The highest BCUT2D eigenvalue weighted by Gasteiger charge is 2.23. The molecule has 174 valence electrons. The zero-order valence-electron chi connectivity index (χ0n) is 20.3. The Bertz CT molecular complexity index is 1110. The lowest BCUT2D eigenvalue weighted by atomic mass is 9.87. The van der Waals surface area contributed by atoms with E-state index in [1.807, 2.05) is 17.0 Å². The Labute approximate surface area is 201 Å². The van der Waals surface area contributed by atoms with E-state index in [0.717, 1.165) is 47.3 Å². The lowest BCUT2D eigenvalue weighted by molar-refractivity contribution is -0.130. The number of para-hydroxylation sites is 1. The first kappa shape index (κ1) is 23.6. The molecule has 1 saturated heterocycles. The van der Waals surface area contributed by atoms with Crippen LogP contribution < -0.4 is 0 Å². The predicted molar refractivity (Wildman–Crippen MR) is 136 cm³/mol. The Morgan fingerprint density at radius 3 is 2.48 bits per heavy atom. The van der Waals surface area contributed by atoms with Crippen molar-refractivity contribution in [2.45, 2.75) is 58.0 Å². The highest BCUT2D eigenvalue weighted by molar-refractivity contribution is 7.99. The predicted octanol–water partition coefficient (Wildman–Crippen LogP) is 5.89. The lowest BCUT2D eigenvalue weighted by Crippen LogP contribution is -2.40. The van der Waals surface area contributed by atoms with Crippen molar-refractivity contribution in [3.05, 3.63) is 59.7 Å². The number of aryl methyl sites for hydroxylation is 1. The standard InChI is InChI=1S/C27H34N4OS/c1-19-9-8-16-30(17-19)24(32)18-33-26-29-28-25(31(26)23-11-7-6-10-20(23)2)21-12-14-22(15-13-21)27(3,4)5/h6-7,10-15,19H,8-9,16-18H2,1-5H3. The van der Waals surface area contributed by atoms with Crippen molar-refractivity contribution in [1.82, 2.24) is 19.7 Å². The van der Waals surface area contributed by atoms with Crippen LogP contribution in [0.2, 0.25) is 0 Å². The minimum Gasteiger partial charge on any atom is -0.342 e. The van der Waals surface area contributed by atoms with Gasteiger partial charge in [0.25, 0.3) is 0 Å². The lowest BCUT2D eigenvalue weighted by Gasteiger charge is -2.30. The van der Waals surface area contributed by atoms with Crippen molar-refractivity contribution in [3.63, 3.8) is 0 Å². The van der Waals surface area contributed by atoms with Gasteiger partial charge in [0, 0.05) is 18.7 Å². The topological polar surface area (TPSA) is 51.0 Å². The first-order valence-electron chi connectivity index (χ1n) is 11.8. The highest BCUT2D eigenvalue weighted by atomic mass is 32.2. The quantitative estimate of drug-likeness (QED) is 0.444. The molecule has 1 fully saturated rings. The Morgan fingerprint density at radius 2 is 1.82 bits per heavy atom. The van der Waals surface area contributed by atoms with Gasteiger partial charge in [-0.2, -0.15) is 0 Å². The fourth-order valence-electron chi connectivity index (χ4n) is 4.33. The SMILES string of the molecule is Cc1ccccc1-n1c(SCC(=O)N2CCCC(C)C2)nnc1-c1ccc(C(C)(C)C)cc1. The maximum Gasteiger partial charge on any atom is 0.233 e. The van der Waals surface area contributed by atoms with E-state index in [0.29, 0.717) is 11.7 Å². The van der Waals surface area contributed by atoms with Crippen LogP contribution in [0.4, 0.5) is 0 Å². The van der Waals surface area contributed by atoms with Crippen molar-refractivity contribution in [2.24, 2.45) is 5.92 Å². The molecule has 1 unspecified atom stereocenters. The van der Waals surface area contributed by atoms with E-state index in [4.69, 9.17) is 0 Å². The second-order valence-corrected chi connectivity index (χ2v) is 11.1. The summed E-state index contributed by atoms with van der Waals surface area (Å²) in [5.41, 5.74) is 4.57. The number of piperidine rings is 1. The van der Waals surface area contributed by atoms with Gasteiger partial charge >= 0.3 is 0 Å². The van der Waals surface area contributed by atoms with Crippen molar-refractivity contribution in [1.29, 1.82) is 0 Å². The molecular formula is C27H34N4OS. The summed E-state index contributed by atoms with van der Waals surface area (Å²) < 4.78 is 2.10. The number of carbonyl (C=O) groups is 1. The largest absolute Gasteiger partial charge is 0.342 e. The van der Waals surface area contributed by atoms with Crippen molar-refractivity contribution < 1.29 is 4.79 Å². The number of hydrogen-bond acceptors (Lipinski definition) is 4. The van der Waals surface area contributed by atoms with Crippen LogP contribution >= 0.6 is 11.8 Å². The average Bonchev–Trinajstić information content (AvgIpc) is 3.21. The molecule has 0 radical (unpaired) electrons. The van der Waals surface area contributed by atoms with Gasteiger partial charge in [0.15, 0.2) is 11.0 Å². The van der Waals surface area contributed by atoms with E-state index in [2.05, 4.69) is 85.8 Å². The van der Waals surface area contributed by atoms with Gasteiger partial charge < -0.3 is 4.90 Å². The summed E-state index contributed by atoms with van der Waals surface area (Å²) in [7, 11) is 0. The van der Waals surface area contributed by atoms with Gasteiger partial charge in [0.1, 0.15) is 0 Å². The molecule has 1 aliphatic rings. The molecule has 2 aromatic carbocycles. The molecule has 0 aliphatic carbocycles. The Morgan fingerprint density at radius 1 is 1.09 bits per heavy atom. The molecule has 1 amide bonds. The Kier molecular flexibility index (Phi) is 6.94. The molecule has 33 heavy (non-hydrogen) atoms. The third-order valence-corrected chi connectivity index (χ3v) is 7.25. The smallest absolute Gasteiger partial charge is 0.233 e. The van der Waals surface area contributed by atoms with E-state index in [9.17, 15) is 4.79 Å². The number of amides is 1. The molecule has 3 aromatic rings. The molecule has 0 saturated carbocycles. The van der Waals surface area contributed by atoms with Crippen molar-refractivity contribution in [3.8, 4) is 17.1 Å². The average molecular weight is 463 g/mol. The van der Waals surface area contributed by atoms with Crippen LogP contribution in [0.25, 0.3) is 17.1 Å². The number of likely N-dealkylation sites (tertiary alicyclic amines) is 1. The number of nitrogens with zero attached hydrogens (tertiary/aromatic N) is 4. The normalized spacial score (nSPS) is 16.8. The molecule has 1 atom stereocenters. The molecule has 0 N–H and O–H groups in total. The van der Waals surface area contributed by atoms with Crippen LogP contribution in [0.5, 0.6) is 0 Å². The number of carbonyl (C=O) groups excluding carboxylic acids is 1. The Balaban J connectivity index is 1.65. The van der Waals surface area contributed by atoms with Gasteiger partial charge in [0.2, 0.25) is 5.91 Å². The fourth-order valence-corrected chi connectivity index (χ4v) is 5.18. The third-order valence-electron chi connectivity index (χ3n) is 6.33. The summed E-state index contributed by atoms with van der Waals surface area (Å²) in [4.78, 5) is 14.9. The molecule has 4 rings (SSSR count). The maximum atomic E-state index is 12.9. The number of aromatic nitrogens is 3. The minimum atomic E-state index is 0.0928. The van der Waals surface area contributed by atoms with Crippen molar-refractivity contribution >= 4 is 17.7 Å². The summed E-state index contributed by atoms with van der Waals surface area (Å²) in [6.07, 6.45) is 2.29. The summed E-state index contributed by atoms with van der Waals surface area (Å²) >= 11 is 1.47. The molecule has 1 aliphatic heterocycles. The van der Waals surface area contributed by atoms with Gasteiger partial charge in [0.05, 0.1) is 11.4 Å². The molecule has 0 bridgehead atoms. The second-order valence-electron chi connectivity index (χ2n) is 10.1. The second kappa shape index (κ2) is 9.72. The number of thioether (sulfide) groups is 1. The van der Waals surface area contributed by atoms with E-state index < -0.39 is 0 Å². The molecule has 0 spiro atoms. The van der Waals surface area contributed by atoms with Crippen LogP contribution in [0, 0.1) is 12.8 Å². The van der Waals surface area contributed by atoms with Crippen LogP contribution in [-0.2, 0) is 10.2 Å².